The van der Waals surface area contributed by atoms with Crippen molar-refractivity contribution in [3.63, 3.8) is 0 Å². The number of rotatable bonds is 5. The summed E-state index contributed by atoms with van der Waals surface area (Å²) >= 11 is 1.37. The summed E-state index contributed by atoms with van der Waals surface area (Å²) in [4.78, 5) is 14.0. The Balaban J connectivity index is 1.52. The maximum Gasteiger partial charge on any atom is 0.261 e. The summed E-state index contributed by atoms with van der Waals surface area (Å²) in [5.74, 6) is -0.763. The van der Waals surface area contributed by atoms with Crippen LogP contribution in [0.15, 0.2) is 54.6 Å². The molecule has 0 saturated heterocycles. The van der Waals surface area contributed by atoms with E-state index < -0.39 is 0 Å². The molecule has 1 N–H and O–H groups in total. The van der Waals surface area contributed by atoms with Crippen molar-refractivity contribution in [3.8, 4) is 0 Å². The van der Waals surface area contributed by atoms with Crippen LogP contribution in [0.25, 0.3) is 10.2 Å². The first-order valence-corrected chi connectivity index (χ1v) is 9.55. The Hall–Kier alpha value is -3.06. The monoisotopic (exact) mass is 397 g/mol. The summed E-state index contributed by atoms with van der Waals surface area (Å²) in [6.07, 6.45) is 0. The molecule has 142 valence electrons. The fraction of sp³-hybridized carbons (Fsp3) is 0.143. The molecule has 2 aromatic carbocycles. The molecule has 1 amide bonds. The van der Waals surface area contributed by atoms with Gasteiger partial charge in [-0.3, -0.25) is 9.48 Å². The summed E-state index contributed by atoms with van der Waals surface area (Å²) in [6, 6.07) is 14.2. The van der Waals surface area contributed by atoms with E-state index in [2.05, 4.69) is 10.4 Å². The van der Waals surface area contributed by atoms with Crippen LogP contribution in [-0.4, -0.2) is 15.7 Å². The predicted octanol–water partition coefficient (Wildman–Crippen LogP) is 4.66. The van der Waals surface area contributed by atoms with Gasteiger partial charge in [0, 0.05) is 11.9 Å². The average molecular weight is 397 g/mol. The van der Waals surface area contributed by atoms with Gasteiger partial charge in [-0.15, -0.1) is 11.3 Å². The van der Waals surface area contributed by atoms with Crippen LogP contribution in [-0.2, 0) is 13.1 Å². The van der Waals surface area contributed by atoms with Crippen LogP contribution in [0.5, 0.6) is 0 Å². The molecule has 28 heavy (non-hydrogen) atoms. The Labute approximate surface area is 164 Å². The minimum absolute atomic E-state index is 0.182. The van der Waals surface area contributed by atoms with Gasteiger partial charge in [0.1, 0.15) is 16.5 Å². The first kappa shape index (κ1) is 18.3. The standard InChI is InChI=1S/C21H17F2N3OS/c1-13-18-10-19(20(27)24-11-14-2-6-16(22)7-3-14)28-21(18)26(25-13)12-15-4-8-17(23)9-5-15/h2-10H,11-12H2,1H3,(H,24,27). The zero-order chi connectivity index (χ0) is 19.7. The van der Waals surface area contributed by atoms with Crippen molar-refractivity contribution >= 4 is 27.5 Å². The molecule has 0 unspecified atom stereocenters. The lowest BCUT2D eigenvalue weighted by atomic mass is 10.2. The number of nitrogens with one attached hydrogen (secondary N) is 1. The highest BCUT2D eigenvalue weighted by atomic mass is 32.1. The van der Waals surface area contributed by atoms with E-state index in [-0.39, 0.29) is 17.5 Å². The van der Waals surface area contributed by atoms with Crippen LogP contribution in [0.2, 0.25) is 0 Å². The second kappa shape index (κ2) is 7.52. The molecule has 0 bridgehead atoms. The second-order valence-corrected chi connectivity index (χ2v) is 7.54. The lowest BCUT2D eigenvalue weighted by Crippen LogP contribution is -2.21. The van der Waals surface area contributed by atoms with E-state index in [1.165, 1.54) is 35.6 Å². The van der Waals surface area contributed by atoms with Crippen molar-refractivity contribution in [2.75, 3.05) is 0 Å². The van der Waals surface area contributed by atoms with Crippen LogP contribution in [0.4, 0.5) is 8.78 Å². The normalized spacial score (nSPS) is 11.1. The van der Waals surface area contributed by atoms with Crippen LogP contribution < -0.4 is 5.32 Å². The third-order valence-corrected chi connectivity index (χ3v) is 5.59. The lowest BCUT2D eigenvalue weighted by molar-refractivity contribution is 0.0955. The number of aryl methyl sites for hydroxylation is 1. The fourth-order valence-corrected chi connectivity index (χ4v) is 4.04. The number of aromatic nitrogens is 2. The zero-order valence-corrected chi connectivity index (χ0v) is 15.9. The van der Waals surface area contributed by atoms with Crippen molar-refractivity contribution < 1.29 is 13.6 Å². The van der Waals surface area contributed by atoms with Crippen molar-refractivity contribution in [1.82, 2.24) is 15.1 Å². The third kappa shape index (κ3) is 3.80. The number of carbonyl (C=O) groups excluding carboxylic acids is 1. The molecule has 0 saturated carbocycles. The van der Waals surface area contributed by atoms with Crippen LogP contribution in [0.1, 0.15) is 26.5 Å². The number of hydrogen-bond acceptors (Lipinski definition) is 3. The highest BCUT2D eigenvalue weighted by molar-refractivity contribution is 7.20. The van der Waals surface area contributed by atoms with Gasteiger partial charge in [0.25, 0.3) is 5.91 Å². The van der Waals surface area contributed by atoms with E-state index in [4.69, 9.17) is 0 Å². The highest BCUT2D eigenvalue weighted by Crippen LogP contribution is 2.29. The van der Waals surface area contributed by atoms with Gasteiger partial charge in [-0.05, 0) is 48.4 Å². The van der Waals surface area contributed by atoms with Crippen LogP contribution in [0, 0.1) is 18.6 Å². The number of nitrogens with zero attached hydrogens (tertiary/aromatic N) is 2. The largest absolute Gasteiger partial charge is 0.347 e. The van der Waals surface area contributed by atoms with Crippen molar-refractivity contribution in [2.24, 2.45) is 0 Å². The SMILES string of the molecule is Cc1nn(Cc2ccc(F)cc2)c2sc(C(=O)NCc3ccc(F)cc3)cc12. The third-order valence-electron chi connectivity index (χ3n) is 4.44. The maximum absolute atomic E-state index is 13.1. The molecule has 4 aromatic rings. The van der Waals surface area contributed by atoms with E-state index in [0.717, 1.165) is 27.0 Å². The topological polar surface area (TPSA) is 46.9 Å². The number of benzene rings is 2. The number of amides is 1. The summed E-state index contributed by atoms with van der Waals surface area (Å²) < 4.78 is 27.9. The van der Waals surface area contributed by atoms with E-state index in [0.29, 0.717) is 18.0 Å². The summed E-state index contributed by atoms with van der Waals surface area (Å²) in [6.45, 7) is 2.73. The zero-order valence-electron chi connectivity index (χ0n) is 15.1. The number of halogens is 2. The fourth-order valence-electron chi connectivity index (χ4n) is 2.97. The molecule has 0 aliphatic rings. The number of carbonyl (C=O) groups is 1. The number of thiophene rings is 1. The average Bonchev–Trinajstić information content (AvgIpc) is 3.24. The number of fused-ring (bicyclic) bond motifs is 1. The molecule has 7 heteroatoms. The van der Waals surface area contributed by atoms with Gasteiger partial charge < -0.3 is 5.32 Å². The minimum atomic E-state index is -0.305. The van der Waals surface area contributed by atoms with E-state index in [1.54, 1.807) is 24.3 Å². The van der Waals surface area contributed by atoms with Gasteiger partial charge in [0.05, 0.1) is 17.1 Å². The van der Waals surface area contributed by atoms with E-state index >= 15 is 0 Å². The summed E-state index contributed by atoms with van der Waals surface area (Å²) in [5.41, 5.74) is 2.60. The molecule has 0 atom stereocenters. The van der Waals surface area contributed by atoms with Crippen LogP contribution in [0.3, 0.4) is 0 Å². The van der Waals surface area contributed by atoms with Gasteiger partial charge in [0.15, 0.2) is 0 Å². The molecule has 2 aromatic heterocycles. The second-order valence-electron chi connectivity index (χ2n) is 6.51. The molecular weight excluding hydrogens is 380 g/mol. The smallest absolute Gasteiger partial charge is 0.261 e. The number of hydrogen-bond donors (Lipinski definition) is 1. The molecule has 0 aliphatic carbocycles. The Kier molecular flexibility index (Phi) is 4.92. The Morgan fingerprint density at radius 1 is 1.04 bits per heavy atom. The molecular formula is C21H17F2N3OS. The highest BCUT2D eigenvalue weighted by Gasteiger charge is 2.16. The molecule has 2 heterocycles. The summed E-state index contributed by atoms with van der Waals surface area (Å²) in [7, 11) is 0. The Morgan fingerprint density at radius 2 is 1.64 bits per heavy atom. The first-order valence-electron chi connectivity index (χ1n) is 8.73. The van der Waals surface area contributed by atoms with Gasteiger partial charge in [-0.25, -0.2) is 8.78 Å². The Morgan fingerprint density at radius 3 is 2.29 bits per heavy atom. The van der Waals surface area contributed by atoms with Gasteiger partial charge in [-0.1, -0.05) is 24.3 Å². The molecule has 4 rings (SSSR count). The van der Waals surface area contributed by atoms with Crippen molar-refractivity contribution in [2.45, 2.75) is 20.0 Å². The van der Waals surface area contributed by atoms with E-state index in [1.807, 2.05) is 17.7 Å². The van der Waals surface area contributed by atoms with Crippen molar-refractivity contribution in [1.29, 1.82) is 0 Å². The van der Waals surface area contributed by atoms with Gasteiger partial charge in [0.2, 0.25) is 0 Å². The molecule has 0 radical (unpaired) electrons. The Bertz CT molecular complexity index is 1130. The van der Waals surface area contributed by atoms with E-state index in [9.17, 15) is 13.6 Å². The molecule has 0 aliphatic heterocycles. The molecule has 4 nitrogen and oxygen atoms in total. The quantitative estimate of drug-likeness (QED) is 0.532. The van der Waals surface area contributed by atoms with Gasteiger partial charge in [-0.2, -0.15) is 5.10 Å². The minimum Gasteiger partial charge on any atom is -0.347 e. The lowest BCUT2D eigenvalue weighted by Gasteiger charge is -2.04. The molecule has 0 fully saturated rings. The first-order chi connectivity index (χ1) is 13.5. The summed E-state index contributed by atoms with van der Waals surface area (Å²) in [5, 5.41) is 8.32. The van der Waals surface area contributed by atoms with Crippen LogP contribution >= 0.6 is 11.3 Å². The van der Waals surface area contributed by atoms with Gasteiger partial charge >= 0.3 is 0 Å². The van der Waals surface area contributed by atoms with Crippen molar-refractivity contribution in [3.05, 3.63) is 87.9 Å². The predicted molar refractivity (Wildman–Crippen MR) is 105 cm³/mol. The molecule has 0 spiro atoms. The maximum atomic E-state index is 13.1.